The molecule has 3 aromatic rings. The van der Waals surface area contributed by atoms with E-state index in [-0.39, 0.29) is 5.57 Å². The van der Waals surface area contributed by atoms with E-state index in [4.69, 9.17) is 4.74 Å². The van der Waals surface area contributed by atoms with Gasteiger partial charge >= 0.3 is 0 Å². The maximum atomic E-state index is 12.4. The Kier molecular flexibility index (Phi) is 7.87. The molecule has 6 heteroatoms. The van der Waals surface area contributed by atoms with E-state index < -0.39 is 5.91 Å². The number of carbonyl (C=O) groups is 1. The molecule has 30 heavy (non-hydrogen) atoms. The van der Waals surface area contributed by atoms with Gasteiger partial charge in [-0.25, -0.2) is 0 Å². The molecule has 0 bridgehead atoms. The van der Waals surface area contributed by atoms with Gasteiger partial charge in [0.15, 0.2) is 0 Å². The lowest BCUT2D eigenvalue weighted by Gasteiger charge is -2.09. The van der Waals surface area contributed by atoms with Gasteiger partial charge < -0.3 is 10.1 Å². The SMILES string of the molecule is Cc1ccc(NC(=O)/C(C#N)=C/c2ccc(OCc3ccc(I)cc3)c(I)c2)cc1. The van der Waals surface area contributed by atoms with Gasteiger partial charge in [-0.15, -0.1) is 0 Å². The van der Waals surface area contributed by atoms with E-state index in [0.29, 0.717) is 12.3 Å². The summed E-state index contributed by atoms with van der Waals surface area (Å²) < 4.78 is 8.00. The van der Waals surface area contributed by atoms with Crippen molar-refractivity contribution in [3.05, 3.63) is 96.1 Å². The lowest BCUT2D eigenvalue weighted by molar-refractivity contribution is -0.112. The molecule has 3 aromatic carbocycles. The molecule has 0 spiro atoms. The molecule has 0 unspecified atom stereocenters. The molecule has 0 aliphatic rings. The van der Waals surface area contributed by atoms with E-state index in [0.717, 1.165) is 26.0 Å². The first kappa shape index (κ1) is 22.3. The topological polar surface area (TPSA) is 62.1 Å². The zero-order valence-electron chi connectivity index (χ0n) is 16.2. The van der Waals surface area contributed by atoms with Crippen molar-refractivity contribution in [2.24, 2.45) is 0 Å². The molecule has 0 aliphatic carbocycles. The predicted molar refractivity (Wildman–Crippen MR) is 136 cm³/mol. The second kappa shape index (κ2) is 10.6. The third kappa shape index (κ3) is 6.31. The van der Waals surface area contributed by atoms with E-state index >= 15 is 0 Å². The first-order valence-electron chi connectivity index (χ1n) is 9.11. The van der Waals surface area contributed by atoms with Crippen LogP contribution in [-0.2, 0) is 11.4 Å². The number of aryl methyl sites for hydroxylation is 1. The Morgan fingerprint density at radius 1 is 1.07 bits per heavy atom. The van der Waals surface area contributed by atoms with Crippen LogP contribution in [0.15, 0.2) is 72.3 Å². The van der Waals surface area contributed by atoms with Crippen LogP contribution in [0.1, 0.15) is 16.7 Å². The van der Waals surface area contributed by atoms with Gasteiger partial charge in [-0.1, -0.05) is 35.9 Å². The van der Waals surface area contributed by atoms with Crippen molar-refractivity contribution in [2.45, 2.75) is 13.5 Å². The fraction of sp³-hybridized carbons (Fsp3) is 0.0833. The van der Waals surface area contributed by atoms with Crippen LogP contribution in [0.5, 0.6) is 5.75 Å². The van der Waals surface area contributed by atoms with Gasteiger partial charge in [0.1, 0.15) is 24.0 Å². The highest BCUT2D eigenvalue weighted by molar-refractivity contribution is 14.1. The molecule has 0 aliphatic heterocycles. The van der Waals surface area contributed by atoms with E-state index in [1.807, 2.05) is 79.7 Å². The second-order valence-electron chi connectivity index (χ2n) is 6.59. The zero-order chi connectivity index (χ0) is 21.5. The number of ether oxygens (including phenoxy) is 1. The normalized spacial score (nSPS) is 10.9. The van der Waals surface area contributed by atoms with Crippen LogP contribution in [0.25, 0.3) is 6.08 Å². The number of benzene rings is 3. The van der Waals surface area contributed by atoms with Crippen LogP contribution in [0.3, 0.4) is 0 Å². The summed E-state index contributed by atoms with van der Waals surface area (Å²) in [6.45, 7) is 2.45. The smallest absolute Gasteiger partial charge is 0.266 e. The third-order valence-corrected chi connectivity index (χ3v) is 5.81. The Bertz CT molecular complexity index is 1120. The molecule has 0 heterocycles. The number of hydrogen-bond acceptors (Lipinski definition) is 3. The maximum Gasteiger partial charge on any atom is 0.266 e. The second-order valence-corrected chi connectivity index (χ2v) is 9.00. The van der Waals surface area contributed by atoms with Gasteiger partial charge in [-0.05, 0) is 106 Å². The largest absolute Gasteiger partial charge is 0.488 e. The number of nitrogens with one attached hydrogen (secondary N) is 1. The van der Waals surface area contributed by atoms with Crippen molar-refractivity contribution in [3.63, 3.8) is 0 Å². The molecule has 3 rings (SSSR count). The average Bonchev–Trinajstić information content (AvgIpc) is 2.74. The first-order chi connectivity index (χ1) is 14.4. The van der Waals surface area contributed by atoms with Crippen LogP contribution in [0, 0.1) is 25.4 Å². The summed E-state index contributed by atoms with van der Waals surface area (Å²) in [6.07, 6.45) is 1.58. The number of hydrogen-bond donors (Lipinski definition) is 1. The molecular weight excluding hydrogens is 602 g/mol. The van der Waals surface area contributed by atoms with Crippen molar-refractivity contribution >= 4 is 62.9 Å². The minimum Gasteiger partial charge on any atom is -0.488 e. The first-order valence-corrected chi connectivity index (χ1v) is 11.3. The molecule has 0 atom stereocenters. The summed E-state index contributed by atoms with van der Waals surface area (Å²) in [4.78, 5) is 12.4. The van der Waals surface area contributed by atoms with Crippen molar-refractivity contribution in [3.8, 4) is 11.8 Å². The summed E-state index contributed by atoms with van der Waals surface area (Å²) in [5, 5.41) is 12.2. The molecule has 0 saturated carbocycles. The quantitative estimate of drug-likeness (QED) is 0.199. The molecule has 0 saturated heterocycles. The van der Waals surface area contributed by atoms with E-state index in [2.05, 4.69) is 50.5 Å². The lowest BCUT2D eigenvalue weighted by Crippen LogP contribution is -2.13. The van der Waals surface area contributed by atoms with Gasteiger partial charge in [0.25, 0.3) is 5.91 Å². The predicted octanol–water partition coefficient (Wildman–Crippen LogP) is 6.33. The van der Waals surface area contributed by atoms with E-state index in [1.54, 1.807) is 6.08 Å². The Morgan fingerprint density at radius 2 is 1.77 bits per heavy atom. The molecular formula is C24H18I2N2O2. The summed E-state index contributed by atoms with van der Waals surface area (Å²) in [5.74, 6) is 0.323. The molecule has 1 N–H and O–H groups in total. The number of anilines is 1. The van der Waals surface area contributed by atoms with E-state index in [1.165, 1.54) is 3.57 Å². The van der Waals surface area contributed by atoms with Crippen LogP contribution in [0.2, 0.25) is 0 Å². The molecule has 150 valence electrons. The standard InChI is InChI=1S/C24H18I2N2O2/c1-16-2-9-21(10-3-16)28-24(29)19(14-27)12-18-6-11-23(22(26)13-18)30-15-17-4-7-20(25)8-5-17/h2-13H,15H2,1H3,(H,28,29)/b19-12+. The fourth-order valence-corrected chi connectivity index (χ4v) is 3.67. The fourth-order valence-electron chi connectivity index (χ4n) is 2.62. The Hall–Kier alpha value is -2.38. The Balaban J connectivity index is 1.69. The highest BCUT2D eigenvalue weighted by Crippen LogP contribution is 2.24. The molecule has 4 nitrogen and oxygen atoms in total. The number of carbonyl (C=O) groups excluding carboxylic acids is 1. The van der Waals surface area contributed by atoms with Crippen LogP contribution in [-0.4, -0.2) is 5.91 Å². The number of amides is 1. The maximum absolute atomic E-state index is 12.4. The zero-order valence-corrected chi connectivity index (χ0v) is 20.5. The summed E-state index contributed by atoms with van der Waals surface area (Å²) >= 11 is 4.46. The monoisotopic (exact) mass is 620 g/mol. The van der Waals surface area contributed by atoms with Gasteiger partial charge in [-0.3, -0.25) is 4.79 Å². The number of nitrogens with zero attached hydrogens (tertiary/aromatic N) is 1. The van der Waals surface area contributed by atoms with Crippen molar-refractivity contribution in [2.75, 3.05) is 5.32 Å². The Labute approximate surface area is 203 Å². The lowest BCUT2D eigenvalue weighted by atomic mass is 10.1. The van der Waals surface area contributed by atoms with Crippen molar-refractivity contribution in [1.29, 1.82) is 5.26 Å². The summed E-state index contributed by atoms with van der Waals surface area (Å²) in [7, 11) is 0. The van der Waals surface area contributed by atoms with Crippen LogP contribution in [0.4, 0.5) is 5.69 Å². The van der Waals surface area contributed by atoms with Gasteiger partial charge in [0.2, 0.25) is 0 Å². The highest BCUT2D eigenvalue weighted by Gasteiger charge is 2.10. The molecule has 0 radical (unpaired) electrons. The molecule has 1 amide bonds. The minimum absolute atomic E-state index is 0.0407. The summed E-state index contributed by atoms with van der Waals surface area (Å²) in [5.41, 5.74) is 3.65. The Morgan fingerprint density at radius 3 is 2.40 bits per heavy atom. The van der Waals surface area contributed by atoms with Crippen LogP contribution >= 0.6 is 45.2 Å². The van der Waals surface area contributed by atoms with Crippen molar-refractivity contribution < 1.29 is 9.53 Å². The van der Waals surface area contributed by atoms with Gasteiger partial charge in [0, 0.05) is 9.26 Å². The average molecular weight is 620 g/mol. The third-order valence-electron chi connectivity index (χ3n) is 4.25. The minimum atomic E-state index is -0.435. The van der Waals surface area contributed by atoms with Crippen LogP contribution < -0.4 is 10.1 Å². The number of rotatable bonds is 6. The molecule has 0 aromatic heterocycles. The molecule has 0 fully saturated rings. The van der Waals surface area contributed by atoms with E-state index in [9.17, 15) is 10.1 Å². The van der Waals surface area contributed by atoms with Crippen molar-refractivity contribution in [1.82, 2.24) is 0 Å². The number of nitriles is 1. The highest BCUT2D eigenvalue weighted by atomic mass is 127. The van der Waals surface area contributed by atoms with Gasteiger partial charge in [-0.2, -0.15) is 5.26 Å². The summed E-state index contributed by atoms with van der Waals surface area (Å²) in [6, 6.07) is 23.2. The number of halogens is 2. The van der Waals surface area contributed by atoms with Gasteiger partial charge in [0.05, 0.1) is 3.57 Å².